The number of alkyl halides is 3. The zero-order chi connectivity index (χ0) is 15.0. The van der Waals surface area contributed by atoms with Gasteiger partial charge in [-0.2, -0.15) is 13.2 Å². The second kappa shape index (κ2) is 5.37. The lowest BCUT2D eigenvalue weighted by atomic mass is 9.87. The predicted molar refractivity (Wildman–Crippen MR) is 67.6 cm³/mol. The molecule has 2 N–H and O–H groups in total. The van der Waals surface area contributed by atoms with Gasteiger partial charge in [-0.15, -0.1) is 0 Å². The van der Waals surface area contributed by atoms with Crippen molar-refractivity contribution in [2.24, 2.45) is 0 Å². The van der Waals surface area contributed by atoms with Crippen molar-refractivity contribution in [3.8, 4) is 0 Å². The Morgan fingerprint density at radius 3 is 2.40 bits per heavy atom. The van der Waals surface area contributed by atoms with Crippen LogP contribution in [0.1, 0.15) is 33.1 Å². The first kappa shape index (κ1) is 15.3. The van der Waals surface area contributed by atoms with Gasteiger partial charge in [-0.3, -0.25) is 5.41 Å². The van der Waals surface area contributed by atoms with Crippen LogP contribution in [0.4, 0.5) is 13.2 Å². The van der Waals surface area contributed by atoms with Crippen LogP contribution in [0.25, 0.3) is 0 Å². The molecule has 1 fully saturated rings. The number of rotatable bonds is 3. The van der Waals surface area contributed by atoms with Gasteiger partial charge in [-0.05, 0) is 20.3 Å². The third-order valence-corrected chi connectivity index (χ3v) is 3.43. The molecule has 0 atom stereocenters. The number of hydrogen-bond acceptors (Lipinski definition) is 4. The van der Waals surface area contributed by atoms with E-state index in [2.05, 4.69) is 5.32 Å². The lowest BCUT2D eigenvalue weighted by Crippen LogP contribution is -2.41. The van der Waals surface area contributed by atoms with E-state index in [0.717, 1.165) is 0 Å². The van der Waals surface area contributed by atoms with Crippen LogP contribution >= 0.6 is 0 Å². The second-order valence-electron chi connectivity index (χ2n) is 5.41. The highest BCUT2D eigenvalue weighted by atomic mass is 19.4. The highest BCUT2D eigenvalue weighted by Gasteiger charge is 2.46. The van der Waals surface area contributed by atoms with E-state index in [1.807, 2.05) is 13.8 Å². The molecule has 0 unspecified atom stereocenters. The third-order valence-electron chi connectivity index (χ3n) is 3.43. The smallest absolute Gasteiger partial charge is 0.386 e. The average Bonchev–Trinajstić information content (AvgIpc) is 2.77. The van der Waals surface area contributed by atoms with Crippen molar-refractivity contribution >= 4 is 5.71 Å². The summed E-state index contributed by atoms with van der Waals surface area (Å²) in [6.45, 7) is 4.49. The molecule has 1 aliphatic heterocycles. The maximum atomic E-state index is 12.9. The Labute approximate surface area is 115 Å². The summed E-state index contributed by atoms with van der Waals surface area (Å²) >= 11 is 0. The normalized spacial score (nSPS) is 22.7. The van der Waals surface area contributed by atoms with Crippen LogP contribution in [0.5, 0.6) is 0 Å². The molecule has 0 amide bonds. The van der Waals surface area contributed by atoms with E-state index in [4.69, 9.17) is 14.9 Å². The minimum Gasteiger partial charge on any atom is -0.386 e. The van der Waals surface area contributed by atoms with Crippen LogP contribution in [-0.2, 0) is 9.47 Å². The maximum Gasteiger partial charge on any atom is 0.432 e. The van der Waals surface area contributed by atoms with Crippen molar-refractivity contribution in [1.29, 1.82) is 5.41 Å². The summed E-state index contributed by atoms with van der Waals surface area (Å²) in [5, 5.41) is 10.4. The quantitative estimate of drug-likeness (QED) is 0.786. The van der Waals surface area contributed by atoms with E-state index in [9.17, 15) is 13.2 Å². The molecule has 2 aliphatic rings. The minimum absolute atomic E-state index is 0.0144. The van der Waals surface area contributed by atoms with Gasteiger partial charge in [0.15, 0.2) is 5.79 Å². The Morgan fingerprint density at radius 2 is 1.90 bits per heavy atom. The molecule has 2 rings (SSSR count). The van der Waals surface area contributed by atoms with E-state index in [1.165, 1.54) is 0 Å². The predicted octanol–water partition coefficient (Wildman–Crippen LogP) is 2.75. The van der Waals surface area contributed by atoms with E-state index in [1.54, 1.807) is 0 Å². The van der Waals surface area contributed by atoms with Crippen molar-refractivity contribution in [2.45, 2.75) is 51.1 Å². The average molecular weight is 292 g/mol. The van der Waals surface area contributed by atoms with Gasteiger partial charge < -0.3 is 14.8 Å². The molecular formula is C13H19F3N2O2. The molecule has 114 valence electrons. The molecule has 1 saturated heterocycles. The molecular weight excluding hydrogens is 273 g/mol. The molecule has 1 heterocycles. The molecule has 7 heteroatoms. The van der Waals surface area contributed by atoms with Gasteiger partial charge in [0.25, 0.3) is 0 Å². The van der Waals surface area contributed by atoms with Gasteiger partial charge in [-0.25, -0.2) is 0 Å². The van der Waals surface area contributed by atoms with Crippen LogP contribution in [0.2, 0.25) is 0 Å². The summed E-state index contributed by atoms with van der Waals surface area (Å²) in [5.41, 5.74) is -0.870. The number of hydrogen-bond donors (Lipinski definition) is 2. The van der Waals surface area contributed by atoms with Crippen LogP contribution in [0, 0.1) is 5.41 Å². The monoisotopic (exact) mass is 292 g/mol. The van der Waals surface area contributed by atoms with Crippen molar-refractivity contribution in [3.05, 3.63) is 11.3 Å². The van der Waals surface area contributed by atoms with E-state index >= 15 is 0 Å². The largest absolute Gasteiger partial charge is 0.432 e. The number of halogens is 3. The molecule has 4 nitrogen and oxygen atoms in total. The molecule has 0 aromatic carbocycles. The van der Waals surface area contributed by atoms with Gasteiger partial charge in [0.2, 0.25) is 0 Å². The molecule has 0 aromatic rings. The summed E-state index contributed by atoms with van der Waals surface area (Å²) in [4.78, 5) is 0. The Kier molecular flexibility index (Phi) is 4.11. The molecule has 0 saturated carbocycles. The van der Waals surface area contributed by atoms with Crippen LogP contribution in [0.3, 0.4) is 0 Å². The zero-order valence-corrected chi connectivity index (χ0v) is 11.6. The zero-order valence-electron chi connectivity index (χ0n) is 11.6. The highest BCUT2D eigenvalue weighted by molar-refractivity contribution is 6.02. The van der Waals surface area contributed by atoms with E-state index in [0.29, 0.717) is 31.8 Å². The molecule has 1 aliphatic carbocycles. The standard InChI is InChI=1S/C13H19F3N2O2/c1-8(2)18-10-3-4-12(19-5-6-20-12)7-9(10)11(17)13(14,15)16/h8,17-18H,3-7H2,1-2H3. The van der Waals surface area contributed by atoms with Gasteiger partial charge in [0.1, 0.15) is 5.71 Å². The lowest BCUT2D eigenvalue weighted by Gasteiger charge is -2.35. The topological polar surface area (TPSA) is 54.3 Å². The highest BCUT2D eigenvalue weighted by Crippen LogP contribution is 2.40. The van der Waals surface area contributed by atoms with Crippen molar-refractivity contribution in [3.63, 3.8) is 0 Å². The van der Waals surface area contributed by atoms with E-state index < -0.39 is 17.7 Å². The fourth-order valence-corrected chi connectivity index (χ4v) is 2.59. The summed E-state index contributed by atoms with van der Waals surface area (Å²) < 4.78 is 49.5. The summed E-state index contributed by atoms with van der Waals surface area (Å²) in [6, 6.07) is 0.0144. The number of ether oxygens (including phenoxy) is 2. The molecule has 0 bridgehead atoms. The Morgan fingerprint density at radius 1 is 1.30 bits per heavy atom. The van der Waals surface area contributed by atoms with E-state index in [-0.39, 0.29) is 18.0 Å². The van der Waals surface area contributed by atoms with Crippen LogP contribution < -0.4 is 5.32 Å². The molecule has 1 spiro atoms. The minimum atomic E-state index is -4.66. The van der Waals surface area contributed by atoms with Gasteiger partial charge >= 0.3 is 6.18 Å². The van der Waals surface area contributed by atoms with Gasteiger partial charge in [-0.1, -0.05) is 0 Å². The first-order valence-corrected chi connectivity index (χ1v) is 6.66. The Balaban J connectivity index is 2.30. The third kappa shape index (κ3) is 3.15. The first-order valence-electron chi connectivity index (χ1n) is 6.66. The Hall–Kier alpha value is -1.08. The number of allylic oxidation sites excluding steroid dienone is 1. The Bertz CT molecular complexity index is 424. The fourth-order valence-electron chi connectivity index (χ4n) is 2.59. The molecule has 20 heavy (non-hydrogen) atoms. The van der Waals surface area contributed by atoms with Gasteiger partial charge in [0, 0.05) is 30.2 Å². The van der Waals surface area contributed by atoms with Crippen LogP contribution in [-0.4, -0.2) is 36.9 Å². The SMILES string of the molecule is CC(C)NC1=C(C(=N)C(F)(F)F)CC2(CC1)OCCO2. The summed E-state index contributed by atoms with van der Waals surface area (Å²) in [6.07, 6.45) is -3.78. The van der Waals surface area contributed by atoms with Crippen LogP contribution in [0.15, 0.2) is 11.3 Å². The van der Waals surface area contributed by atoms with Crippen molar-refractivity contribution < 1.29 is 22.6 Å². The summed E-state index contributed by atoms with van der Waals surface area (Å²) in [7, 11) is 0. The first-order chi connectivity index (χ1) is 9.23. The van der Waals surface area contributed by atoms with Crippen molar-refractivity contribution in [2.75, 3.05) is 13.2 Å². The van der Waals surface area contributed by atoms with Crippen molar-refractivity contribution in [1.82, 2.24) is 5.32 Å². The lowest BCUT2D eigenvalue weighted by molar-refractivity contribution is -0.163. The fraction of sp³-hybridized carbons (Fsp3) is 0.769. The number of nitrogens with one attached hydrogen (secondary N) is 2. The van der Waals surface area contributed by atoms with Gasteiger partial charge in [0.05, 0.1) is 13.2 Å². The molecule has 0 radical (unpaired) electrons. The second-order valence-corrected chi connectivity index (χ2v) is 5.41. The maximum absolute atomic E-state index is 12.9. The summed E-state index contributed by atoms with van der Waals surface area (Å²) in [5.74, 6) is -0.977. The molecule has 0 aromatic heterocycles.